The summed E-state index contributed by atoms with van der Waals surface area (Å²) in [6, 6.07) is 10.6. The Hall–Kier alpha value is -2.47. The maximum atomic E-state index is 13.7. The Labute approximate surface area is 146 Å². The van der Waals surface area contributed by atoms with Gasteiger partial charge in [-0.2, -0.15) is 0 Å². The number of hydrogen-bond donors (Lipinski definition) is 1. The van der Waals surface area contributed by atoms with Crippen LogP contribution in [0.25, 0.3) is 0 Å². The average Bonchev–Trinajstić information content (AvgIpc) is 2.56. The van der Waals surface area contributed by atoms with Gasteiger partial charge in [-0.1, -0.05) is 25.1 Å². The molecule has 0 aliphatic carbocycles. The third kappa shape index (κ3) is 5.83. The largest absolute Gasteiger partial charge is 0.491 e. The highest BCUT2D eigenvalue weighted by atomic mass is 19.1. The summed E-state index contributed by atoms with van der Waals surface area (Å²) >= 11 is 0. The second kappa shape index (κ2) is 9.13. The first kappa shape index (κ1) is 18.9. The lowest BCUT2D eigenvalue weighted by Gasteiger charge is -2.18. The molecular formula is C19H22F2N2O2. The van der Waals surface area contributed by atoms with E-state index >= 15 is 0 Å². The SMILES string of the molecule is CCCOc1ccccc1NC(=O)CN(C)Cc1ccc(F)cc1F. The zero-order chi connectivity index (χ0) is 18.2. The number of ether oxygens (including phenoxy) is 1. The van der Waals surface area contributed by atoms with Crippen molar-refractivity contribution >= 4 is 11.6 Å². The Balaban J connectivity index is 1.93. The molecule has 0 aromatic heterocycles. The normalized spacial score (nSPS) is 10.8. The summed E-state index contributed by atoms with van der Waals surface area (Å²) in [5, 5.41) is 2.80. The molecule has 0 heterocycles. The van der Waals surface area contributed by atoms with Gasteiger partial charge in [0, 0.05) is 18.2 Å². The molecule has 1 amide bonds. The Morgan fingerprint density at radius 2 is 1.96 bits per heavy atom. The van der Waals surface area contributed by atoms with E-state index in [1.807, 2.05) is 19.1 Å². The van der Waals surface area contributed by atoms with Crippen molar-refractivity contribution in [2.24, 2.45) is 0 Å². The van der Waals surface area contributed by atoms with Crippen LogP contribution in [0.4, 0.5) is 14.5 Å². The summed E-state index contributed by atoms with van der Waals surface area (Å²) in [6.07, 6.45) is 0.869. The Morgan fingerprint density at radius 1 is 1.20 bits per heavy atom. The second-order valence-electron chi connectivity index (χ2n) is 5.80. The Morgan fingerprint density at radius 3 is 2.68 bits per heavy atom. The van der Waals surface area contributed by atoms with Crippen LogP contribution in [0.2, 0.25) is 0 Å². The van der Waals surface area contributed by atoms with Crippen LogP contribution in [0.15, 0.2) is 42.5 Å². The fraction of sp³-hybridized carbons (Fsp3) is 0.316. The van der Waals surface area contributed by atoms with E-state index < -0.39 is 11.6 Å². The van der Waals surface area contributed by atoms with Gasteiger partial charge < -0.3 is 10.1 Å². The van der Waals surface area contributed by atoms with Gasteiger partial charge in [-0.25, -0.2) is 8.78 Å². The number of anilines is 1. The van der Waals surface area contributed by atoms with Crippen molar-refractivity contribution in [2.45, 2.75) is 19.9 Å². The lowest BCUT2D eigenvalue weighted by Crippen LogP contribution is -2.30. The zero-order valence-electron chi connectivity index (χ0n) is 14.4. The first-order chi connectivity index (χ1) is 12.0. The van der Waals surface area contributed by atoms with Gasteiger partial charge in [0.25, 0.3) is 0 Å². The van der Waals surface area contributed by atoms with E-state index in [-0.39, 0.29) is 19.0 Å². The number of nitrogens with zero attached hydrogens (tertiary/aromatic N) is 1. The maximum absolute atomic E-state index is 13.7. The minimum Gasteiger partial charge on any atom is -0.491 e. The molecule has 0 saturated carbocycles. The highest BCUT2D eigenvalue weighted by Crippen LogP contribution is 2.23. The third-order valence-electron chi connectivity index (χ3n) is 3.49. The summed E-state index contributed by atoms with van der Waals surface area (Å²) in [4.78, 5) is 13.9. The van der Waals surface area contributed by atoms with Crippen LogP contribution in [0.3, 0.4) is 0 Å². The zero-order valence-corrected chi connectivity index (χ0v) is 14.4. The molecule has 2 rings (SSSR count). The molecule has 0 aliphatic rings. The molecule has 134 valence electrons. The first-order valence-corrected chi connectivity index (χ1v) is 8.13. The van der Waals surface area contributed by atoms with Crippen molar-refractivity contribution in [3.8, 4) is 5.75 Å². The topological polar surface area (TPSA) is 41.6 Å². The number of carbonyl (C=O) groups excluding carboxylic acids is 1. The van der Waals surface area contributed by atoms with Gasteiger partial charge in [-0.05, 0) is 31.7 Å². The van der Waals surface area contributed by atoms with Gasteiger partial charge in [-0.3, -0.25) is 9.69 Å². The molecule has 0 atom stereocenters. The van der Waals surface area contributed by atoms with Crippen molar-refractivity contribution in [1.82, 2.24) is 4.90 Å². The van der Waals surface area contributed by atoms with Crippen molar-refractivity contribution < 1.29 is 18.3 Å². The molecule has 25 heavy (non-hydrogen) atoms. The lowest BCUT2D eigenvalue weighted by atomic mass is 10.2. The van der Waals surface area contributed by atoms with Gasteiger partial charge in [0.2, 0.25) is 5.91 Å². The molecule has 0 saturated heterocycles. The van der Waals surface area contributed by atoms with Crippen LogP contribution < -0.4 is 10.1 Å². The number of rotatable bonds is 8. The smallest absolute Gasteiger partial charge is 0.238 e. The Bertz CT molecular complexity index is 722. The number of benzene rings is 2. The van der Waals surface area contributed by atoms with Crippen molar-refractivity contribution in [1.29, 1.82) is 0 Å². The maximum Gasteiger partial charge on any atom is 0.238 e. The summed E-state index contributed by atoms with van der Waals surface area (Å²) in [6.45, 7) is 2.84. The van der Waals surface area contributed by atoms with E-state index in [2.05, 4.69) is 5.32 Å². The van der Waals surface area contributed by atoms with Crippen LogP contribution in [-0.2, 0) is 11.3 Å². The van der Waals surface area contributed by atoms with E-state index in [9.17, 15) is 13.6 Å². The van der Waals surface area contributed by atoms with Gasteiger partial charge in [0.1, 0.15) is 17.4 Å². The monoisotopic (exact) mass is 348 g/mol. The van der Waals surface area contributed by atoms with Crippen molar-refractivity contribution in [3.05, 3.63) is 59.7 Å². The summed E-state index contributed by atoms with van der Waals surface area (Å²) in [5.74, 6) is -0.863. The van der Waals surface area contributed by atoms with Crippen LogP contribution in [0, 0.1) is 11.6 Å². The van der Waals surface area contributed by atoms with E-state index in [0.717, 1.165) is 12.5 Å². The lowest BCUT2D eigenvalue weighted by molar-refractivity contribution is -0.117. The van der Waals surface area contributed by atoms with Crippen LogP contribution in [0.1, 0.15) is 18.9 Å². The van der Waals surface area contributed by atoms with E-state index in [4.69, 9.17) is 4.74 Å². The molecule has 0 radical (unpaired) electrons. The quantitative estimate of drug-likeness (QED) is 0.788. The van der Waals surface area contributed by atoms with E-state index in [0.29, 0.717) is 23.6 Å². The first-order valence-electron chi connectivity index (χ1n) is 8.13. The fourth-order valence-electron chi connectivity index (χ4n) is 2.34. The molecule has 0 fully saturated rings. The molecule has 6 heteroatoms. The molecule has 2 aromatic rings. The highest BCUT2D eigenvalue weighted by molar-refractivity contribution is 5.93. The number of likely N-dealkylation sites (N-methyl/N-ethyl adjacent to an activating group) is 1. The van der Waals surface area contributed by atoms with Crippen LogP contribution >= 0.6 is 0 Å². The number of hydrogen-bond acceptors (Lipinski definition) is 3. The predicted molar refractivity (Wildman–Crippen MR) is 93.5 cm³/mol. The predicted octanol–water partition coefficient (Wildman–Crippen LogP) is 3.82. The van der Waals surface area contributed by atoms with E-state index in [1.165, 1.54) is 12.1 Å². The second-order valence-corrected chi connectivity index (χ2v) is 5.80. The average molecular weight is 348 g/mol. The summed E-state index contributed by atoms with van der Waals surface area (Å²) < 4.78 is 32.2. The van der Waals surface area contributed by atoms with E-state index in [1.54, 1.807) is 24.1 Å². The minimum absolute atomic E-state index is 0.0684. The summed E-state index contributed by atoms with van der Waals surface area (Å²) in [5.41, 5.74) is 0.936. The molecule has 0 aliphatic heterocycles. The van der Waals surface area contributed by atoms with Crippen molar-refractivity contribution in [2.75, 3.05) is 25.5 Å². The van der Waals surface area contributed by atoms with Crippen LogP contribution in [0.5, 0.6) is 5.75 Å². The number of para-hydroxylation sites is 2. The van der Waals surface area contributed by atoms with Gasteiger partial charge in [-0.15, -0.1) is 0 Å². The standard InChI is InChI=1S/C19H22F2N2O2/c1-3-10-25-18-7-5-4-6-17(18)22-19(24)13-23(2)12-14-8-9-15(20)11-16(14)21/h4-9,11H,3,10,12-13H2,1-2H3,(H,22,24). The van der Waals surface area contributed by atoms with Crippen molar-refractivity contribution in [3.63, 3.8) is 0 Å². The molecule has 0 bridgehead atoms. The Kier molecular flexibility index (Phi) is 6.89. The fourth-order valence-corrected chi connectivity index (χ4v) is 2.34. The number of nitrogens with one attached hydrogen (secondary N) is 1. The number of halogens is 2. The van der Waals surface area contributed by atoms with Gasteiger partial charge in [0.15, 0.2) is 0 Å². The van der Waals surface area contributed by atoms with Gasteiger partial charge >= 0.3 is 0 Å². The highest BCUT2D eigenvalue weighted by Gasteiger charge is 2.12. The molecular weight excluding hydrogens is 326 g/mol. The minimum atomic E-state index is -0.620. The van der Waals surface area contributed by atoms with Crippen LogP contribution in [-0.4, -0.2) is 31.0 Å². The molecule has 0 unspecified atom stereocenters. The van der Waals surface area contributed by atoms with Gasteiger partial charge in [0.05, 0.1) is 18.8 Å². The summed E-state index contributed by atoms with van der Waals surface area (Å²) in [7, 11) is 1.70. The number of carbonyl (C=O) groups is 1. The molecule has 4 nitrogen and oxygen atoms in total. The molecule has 1 N–H and O–H groups in total. The number of amides is 1. The third-order valence-corrected chi connectivity index (χ3v) is 3.49. The molecule has 0 spiro atoms. The molecule has 2 aromatic carbocycles.